The summed E-state index contributed by atoms with van der Waals surface area (Å²) >= 11 is 0. The van der Waals surface area contributed by atoms with Gasteiger partial charge >= 0.3 is 5.97 Å². The standard InChI is InChI=1S/C22H18N2O6/c1-29-19-10-8-14(21(26)24-17-7-3-2-6-16(17)22(27)28)13-18(19)23-20(25)11-9-15-5-4-12-30-15/h2-13H,1H3,(H,23,25)(H,24,26)(H,27,28)/b11-9-. The van der Waals surface area contributed by atoms with Crippen molar-refractivity contribution in [1.82, 2.24) is 0 Å². The number of amides is 2. The number of hydrogen-bond acceptors (Lipinski definition) is 5. The van der Waals surface area contributed by atoms with Gasteiger partial charge in [0.05, 0.1) is 30.3 Å². The maximum absolute atomic E-state index is 12.6. The van der Waals surface area contributed by atoms with Gasteiger partial charge in [-0.2, -0.15) is 0 Å². The molecule has 1 aromatic heterocycles. The molecule has 3 aromatic rings. The van der Waals surface area contributed by atoms with Crippen molar-refractivity contribution in [1.29, 1.82) is 0 Å². The van der Waals surface area contributed by atoms with Crippen LogP contribution in [0.4, 0.5) is 11.4 Å². The quantitative estimate of drug-likeness (QED) is 0.512. The van der Waals surface area contributed by atoms with Gasteiger partial charge in [0.15, 0.2) is 0 Å². The van der Waals surface area contributed by atoms with Gasteiger partial charge in [-0.1, -0.05) is 12.1 Å². The van der Waals surface area contributed by atoms with E-state index in [1.54, 1.807) is 24.3 Å². The molecule has 0 radical (unpaired) electrons. The Balaban J connectivity index is 1.79. The summed E-state index contributed by atoms with van der Waals surface area (Å²) in [5, 5.41) is 14.5. The molecule has 8 heteroatoms. The van der Waals surface area contributed by atoms with E-state index in [1.807, 2.05) is 0 Å². The summed E-state index contributed by atoms with van der Waals surface area (Å²) in [6.07, 6.45) is 4.28. The van der Waals surface area contributed by atoms with Gasteiger partial charge in [-0.05, 0) is 48.5 Å². The van der Waals surface area contributed by atoms with Gasteiger partial charge in [-0.15, -0.1) is 0 Å². The fraction of sp³-hybridized carbons (Fsp3) is 0.0455. The summed E-state index contributed by atoms with van der Waals surface area (Å²) in [6.45, 7) is 0. The monoisotopic (exact) mass is 406 g/mol. The number of carbonyl (C=O) groups excluding carboxylic acids is 2. The first-order valence-corrected chi connectivity index (χ1v) is 8.82. The number of rotatable bonds is 7. The normalized spacial score (nSPS) is 10.6. The van der Waals surface area contributed by atoms with Crippen molar-refractivity contribution in [3.63, 3.8) is 0 Å². The predicted molar refractivity (Wildman–Crippen MR) is 111 cm³/mol. The van der Waals surface area contributed by atoms with Crippen LogP contribution in [0.15, 0.2) is 71.4 Å². The van der Waals surface area contributed by atoms with Crippen molar-refractivity contribution in [2.75, 3.05) is 17.7 Å². The average Bonchev–Trinajstić information content (AvgIpc) is 3.26. The third kappa shape index (κ3) is 4.93. The molecule has 152 valence electrons. The lowest BCUT2D eigenvalue weighted by molar-refractivity contribution is -0.111. The Morgan fingerprint density at radius 2 is 1.80 bits per heavy atom. The van der Waals surface area contributed by atoms with E-state index in [4.69, 9.17) is 9.15 Å². The first kappa shape index (κ1) is 20.4. The Morgan fingerprint density at radius 1 is 1.00 bits per heavy atom. The van der Waals surface area contributed by atoms with Gasteiger partial charge in [0.2, 0.25) is 5.91 Å². The van der Waals surface area contributed by atoms with Crippen molar-refractivity contribution in [2.24, 2.45) is 0 Å². The number of furan rings is 1. The molecular weight excluding hydrogens is 388 g/mol. The molecule has 0 saturated carbocycles. The molecule has 0 aliphatic heterocycles. The number of anilines is 2. The highest BCUT2D eigenvalue weighted by molar-refractivity contribution is 6.09. The molecule has 30 heavy (non-hydrogen) atoms. The number of ether oxygens (including phenoxy) is 1. The SMILES string of the molecule is COc1ccc(C(=O)Nc2ccccc2C(=O)O)cc1NC(=O)/C=C\c1ccco1. The lowest BCUT2D eigenvalue weighted by Crippen LogP contribution is -2.16. The summed E-state index contributed by atoms with van der Waals surface area (Å²) < 4.78 is 10.4. The van der Waals surface area contributed by atoms with Crippen LogP contribution >= 0.6 is 0 Å². The first-order chi connectivity index (χ1) is 14.5. The lowest BCUT2D eigenvalue weighted by atomic mass is 10.1. The number of carboxylic acid groups (broad SMARTS) is 1. The molecule has 1 heterocycles. The topological polar surface area (TPSA) is 118 Å². The molecule has 0 atom stereocenters. The van der Waals surface area contributed by atoms with Crippen LogP contribution in [0.3, 0.4) is 0 Å². The number of nitrogens with one attached hydrogen (secondary N) is 2. The summed E-state index contributed by atoms with van der Waals surface area (Å²) in [7, 11) is 1.44. The van der Waals surface area contributed by atoms with Crippen LogP contribution in [-0.2, 0) is 4.79 Å². The highest BCUT2D eigenvalue weighted by Gasteiger charge is 2.15. The fourth-order valence-corrected chi connectivity index (χ4v) is 2.64. The third-order valence-electron chi connectivity index (χ3n) is 4.07. The van der Waals surface area contributed by atoms with Crippen LogP contribution in [0, 0.1) is 0 Å². The van der Waals surface area contributed by atoms with Crippen LogP contribution in [0.2, 0.25) is 0 Å². The molecule has 2 amide bonds. The van der Waals surface area contributed by atoms with Crippen molar-refractivity contribution >= 4 is 35.2 Å². The van der Waals surface area contributed by atoms with Gasteiger partial charge in [0, 0.05) is 11.6 Å². The van der Waals surface area contributed by atoms with E-state index in [-0.39, 0.29) is 22.5 Å². The second kappa shape index (κ2) is 9.24. The van der Waals surface area contributed by atoms with Gasteiger partial charge < -0.3 is 24.9 Å². The maximum Gasteiger partial charge on any atom is 0.337 e. The van der Waals surface area contributed by atoms with Crippen molar-refractivity contribution in [3.05, 3.63) is 83.8 Å². The number of aromatic carboxylic acids is 1. The van der Waals surface area contributed by atoms with E-state index in [2.05, 4.69) is 10.6 Å². The summed E-state index contributed by atoms with van der Waals surface area (Å²) in [4.78, 5) is 36.1. The largest absolute Gasteiger partial charge is 0.495 e. The summed E-state index contributed by atoms with van der Waals surface area (Å²) in [6, 6.07) is 13.9. The molecule has 3 rings (SSSR count). The minimum atomic E-state index is -1.16. The van der Waals surface area contributed by atoms with E-state index in [0.717, 1.165) is 0 Å². The Kier molecular flexibility index (Phi) is 6.29. The Hall–Kier alpha value is -4.33. The molecule has 0 bridgehead atoms. The highest BCUT2D eigenvalue weighted by atomic mass is 16.5. The van der Waals surface area contributed by atoms with E-state index < -0.39 is 17.8 Å². The van der Waals surface area contributed by atoms with Crippen molar-refractivity contribution in [2.45, 2.75) is 0 Å². The van der Waals surface area contributed by atoms with E-state index in [9.17, 15) is 19.5 Å². The van der Waals surface area contributed by atoms with Crippen molar-refractivity contribution < 1.29 is 28.6 Å². The molecule has 3 N–H and O–H groups in total. The predicted octanol–water partition coefficient (Wildman–Crippen LogP) is 3.89. The van der Waals surface area contributed by atoms with E-state index >= 15 is 0 Å². The second-order valence-electron chi connectivity index (χ2n) is 6.06. The van der Waals surface area contributed by atoms with Crippen LogP contribution in [0.5, 0.6) is 5.75 Å². The van der Waals surface area contributed by atoms with Gasteiger partial charge in [0.1, 0.15) is 11.5 Å². The Labute approximate surface area is 171 Å². The number of methoxy groups -OCH3 is 1. The number of para-hydroxylation sites is 1. The Bertz CT molecular complexity index is 1100. The van der Waals surface area contributed by atoms with Crippen LogP contribution in [0.25, 0.3) is 6.08 Å². The Morgan fingerprint density at radius 3 is 2.50 bits per heavy atom. The molecular formula is C22H18N2O6. The molecule has 0 saturated heterocycles. The molecule has 0 aliphatic carbocycles. The molecule has 0 spiro atoms. The minimum Gasteiger partial charge on any atom is -0.495 e. The highest BCUT2D eigenvalue weighted by Crippen LogP contribution is 2.26. The van der Waals surface area contributed by atoms with Gasteiger partial charge in [-0.3, -0.25) is 9.59 Å². The zero-order chi connectivity index (χ0) is 21.5. The molecule has 0 fully saturated rings. The molecule has 0 aliphatic rings. The second-order valence-corrected chi connectivity index (χ2v) is 6.06. The maximum atomic E-state index is 12.6. The van der Waals surface area contributed by atoms with E-state index in [1.165, 1.54) is 55.9 Å². The minimum absolute atomic E-state index is 0.0315. The fourth-order valence-electron chi connectivity index (χ4n) is 2.64. The number of carbonyl (C=O) groups is 3. The average molecular weight is 406 g/mol. The van der Waals surface area contributed by atoms with Crippen LogP contribution < -0.4 is 15.4 Å². The molecule has 2 aromatic carbocycles. The number of benzene rings is 2. The first-order valence-electron chi connectivity index (χ1n) is 8.82. The summed E-state index contributed by atoms with van der Waals surface area (Å²) in [5.74, 6) is -1.26. The molecule has 0 unspecified atom stereocenters. The smallest absolute Gasteiger partial charge is 0.337 e. The van der Waals surface area contributed by atoms with Gasteiger partial charge in [0.25, 0.3) is 5.91 Å². The zero-order valence-electron chi connectivity index (χ0n) is 15.9. The van der Waals surface area contributed by atoms with Crippen LogP contribution in [0.1, 0.15) is 26.5 Å². The van der Waals surface area contributed by atoms with Crippen LogP contribution in [-0.4, -0.2) is 30.0 Å². The third-order valence-corrected chi connectivity index (χ3v) is 4.07. The van der Waals surface area contributed by atoms with Gasteiger partial charge in [-0.25, -0.2) is 4.79 Å². The zero-order valence-corrected chi connectivity index (χ0v) is 15.9. The lowest BCUT2D eigenvalue weighted by Gasteiger charge is -2.12. The number of hydrogen-bond donors (Lipinski definition) is 3. The summed E-state index contributed by atoms with van der Waals surface area (Å²) in [5.41, 5.74) is 0.626. The number of carboxylic acids is 1. The molecule has 8 nitrogen and oxygen atoms in total. The van der Waals surface area contributed by atoms with Crippen molar-refractivity contribution in [3.8, 4) is 5.75 Å². The van der Waals surface area contributed by atoms with E-state index in [0.29, 0.717) is 11.5 Å².